The van der Waals surface area contributed by atoms with Gasteiger partial charge in [0.1, 0.15) is 0 Å². The first kappa shape index (κ1) is 11.5. The Kier molecular flexibility index (Phi) is 3.51. The monoisotopic (exact) mass is 299 g/mol. The molecule has 0 saturated carbocycles. The predicted octanol–water partition coefficient (Wildman–Crippen LogP) is 3.75. The van der Waals surface area contributed by atoms with Crippen molar-refractivity contribution in [3.05, 3.63) is 45.4 Å². The van der Waals surface area contributed by atoms with E-state index >= 15 is 0 Å². The average molecular weight is 301 g/mol. The third-order valence-corrected chi connectivity index (χ3v) is 3.34. The number of rotatable bonds is 3. The first-order valence-electron chi connectivity index (χ1n) is 4.83. The maximum atomic E-state index is 6.07. The molecule has 2 N–H and O–H groups in total. The third-order valence-electron chi connectivity index (χ3n) is 2.27. The zero-order valence-corrected chi connectivity index (χ0v) is 11.1. The summed E-state index contributed by atoms with van der Waals surface area (Å²) in [5.41, 5.74) is 3.06. The number of hydrogen-bond donors (Lipinski definition) is 2. The average Bonchev–Trinajstić information content (AvgIpc) is 2.74. The fraction of sp³-hybridized carbons (Fsp3) is 0.182. The normalized spacial score (nSPS) is 10.4. The number of nitrogens with zero attached hydrogens (tertiary/aromatic N) is 1. The van der Waals surface area contributed by atoms with Gasteiger partial charge in [0.25, 0.3) is 0 Å². The lowest BCUT2D eigenvalue weighted by Crippen LogP contribution is -2.00. The summed E-state index contributed by atoms with van der Waals surface area (Å²) in [5, 5.41) is 4.04. The number of aromatic nitrogens is 2. The van der Waals surface area contributed by atoms with Crippen molar-refractivity contribution in [1.82, 2.24) is 9.97 Å². The number of imidazole rings is 1. The van der Waals surface area contributed by atoms with Gasteiger partial charge < -0.3 is 10.3 Å². The van der Waals surface area contributed by atoms with Gasteiger partial charge in [0.05, 0.1) is 24.3 Å². The molecule has 0 amide bonds. The molecular formula is C11H11BrClN3. The van der Waals surface area contributed by atoms with Crippen LogP contribution in [0.2, 0.25) is 5.02 Å². The summed E-state index contributed by atoms with van der Waals surface area (Å²) >= 11 is 9.56. The van der Waals surface area contributed by atoms with E-state index < -0.39 is 0 Å². The summed E-state index contributed by atoms with van der Waals surface area (Å²) in [6, 6.07) is 3.91. The van der Waals surface area contributed by atoms with Gasteiger partial charge in [-0.15, -0.1) is 0 Å². The van der Waals surface area contributed by atoms with E-state index in [0.717, 1.165) is 26.4 Å². The molecular weight excluding hydrogens is 289 g/mol. The number of nitrogens with one attached hydrogen (secondary N) is 2. The number of halogens is 2. The second kappa shape index (κ2) is 4.89. The molecule has 0 aliphatic rings. The fourth-order valence-corrected chi connectivity index (χ4v) is 2.12. The Morgan fingerprint density at radius 3 is 3.00 bits per heavy atom. The number of benzene rings is 1. The van der Waals surface area contributed by atoms with Gasteiger partial charge >= 0.3 is 0 Å². The predicted molar refractivity (Wildman–Crippen MR) is 69.8 cm³/mol. The molecule has 0 aliphatic carbocycles. The van der Waals surface area contributed by atoms with Gasteiger partial charge in [0.15, 0.2) is 0 Å². The lowest BCUT2D eigenvalue weighted by atomic mass is 10.2. The van der Waals surface area contributed by atoms with Crippen LogP contribution in [-0.4, -0.2) is 9.97 Å². The molecule has 0 radical (unpaired) electrons. The van der Waals surface area contributed by atoms with Crippen LogP contribution in [0, 0.1) is 6.92 Å². The van der Waals surface area contributed by atoms with Gasteiger partial charge in [0, 0.05) is 15.7 Å². The molecule has 0 fully saturated rings. The molecule has 1 aromatic heterocycles. The van der Waals surface area contributed by atoms with Crippen molar-refractivity contribution in [2.45, 2.75) is 13.5 Å². The van der Waals surface area contributed by atoms with Crippen molar-refractivity contribution in [1.29, 1.82) is 0 Å². The zero-order valence-electron chi connectivity index (χ0n) is 8.72. The topological polar surface area (TPSA) is 40.7 Å². The van der Waals surface area contributed by atoms with Crippen molar-refractivity contribution in [2.24, 2.45) is 0 Å². The molecule has 3 nitrogen and oxygen atoms in total. The Morgan fingerprint density at radius 1 is 1.50 bits per heavy atom. The van der Waals surface area contributed by atoms with E-state index in [0.29, 0.717) is 6.54 Å². The van der Waals surface area contributed by atoms with Gasteiger partial charge in [-0.3, -0.25) is 0 Å². The molecule has 1 aromatic carbocycles. The molecule has 0 saturated heterocycles. The summed E-state index contributed by atoms with van der Waals surface area (Å²) in [4.78, 5) is 6.99. The highest BCUT2D eigenvalue weighted by molar-refractivity contribution is 9.10. The summed E-state index contributed by atoms with van der Waals surface area (Å²) in [7, 11) is 0. The smallest absolute Gasteiger partial charge is 0.0922 e. The molecule has 0 aliphatic heterocycles. The highest BCUT2D eigenvalue weighted by Crippen LogP contribution is 2.29. The van der Waals surface area contributed by atoms with E-state index in [4.69, 9.17) is 11.6 Å². The minimum absolute atomic E-state index is 0.692. The maximum Gasteiger partial charge on any atom is 0.0922 e. The highest BCUT2D eigenvalue weighted by atomic mass is 79.9. The van der Waals surface area contributed by atoms with Gasteiger partial charge in [-0.2, -0.15) is 0 Å². The van der Waals surface area contributed by atoms with Crippen molar-refractivity contribution in [3.8, 4) is 0 Å². The van der Waals surface area contributed by atoms with Crippen LogP contribution in [0.25, 0.3) is 0 Å². The Morgan fingerprint density at radius 2 is 2.31 bits per heavy atom. The van der Waals surface area contributed by atoms with Crippen LogP contribution in [-0.2, 0) is 6.54 Å². The Balaban J connectivity index is 2.12. The molecule has 2 rings (SSSR count). The van der Waals surface area contributed by atoms with E-state index in [1.165, 1.54) is 0 Å². The second-order valence-electron chi connectivity index (χ2n) is 3.51. The first-order valence-corrected chi connectivity index (χ1v) is 6.00. The molecule has 84 valence electrons. The lowest BCUT2D eigenvalue weighted by molar-refractivity contribution is 1.07. The van der Waals surface area contributed by atoms with Crippen LogP contribution >= 0.6 is 27.5 Å². The van der Waals surface area contributed by atoms with Gasteiger partial charge in [-0.25, -0.2) is 4.98 Å². The molecule has 0 bridgehead atoms. The SMILES string of the molecule is Cc1cc(Br)c(NCc2cnc[nH]2)cc1Cl. The van der Waals surface area contributed by atoms with E-state index in [2.05, 4.69) is 31.2 Å². The largest absolute Gasteiger partial charge is 0.378 e. The van der Waals surface area contributed by atoms with Gasteiger partial charge in [-0.1, -0.05) is 11.6 Å². The summed E-state index contributed by atoms with van der Waals surface area (Å²) < 4.78 is 1.01. The second-order valence-corrected chi connectivity index (χ2v) is 4.77. The number of H-pyrrole nitrogens is 1. The Bertz CT molecular complexity index is 482. The Hall–Kier alpha value is -1.00. The number of aromatic amines is 1. The molecule has 0 atom stereocenters. The van der Waals surface area contributed by atoms with Crippen LogP contribution in [0.1, 0.15) is 11.3 Å². The molecule has 0 spiro atoms. The van der Waals surface area contributed by atoms with Gasteiger partial charge in [-0.05, 0) is 40.5 Å². The standard InChI is InChI=1S/C11H11BrClN3/c1-7-2-9(12)11(3-10(7)13)15-5-8-4-14-6-16-8/h2-4,6,15H,5H2,1H3,(H,14,16). The molecule has 0 unspecified atom stereocenters. The molecule has 5 heteroatoms. The van der Waals surface area contributed by atoms with Crippen molar-refractivity contribution >= 4 is 33.2 Å². The van der Waals surface area contributed by atoms with Crippen LogP contribution < -0.4 is 5.32 Å². The minimum Gasteiger partial charge on any atom is -0.378 e. The quantitative estimate of drug-likeness (QED) is 0.906. The van der Waals surface area contributed by atoms with Crippen LogP contribution in [0.3, 0.4) is 0 Å². The lowest BCUT2D eigenvalue weighted by Gasteiger charge is -2.09. The zero-order chi connectivity index (χ0) is 11.5. The number of aryl methyl sites for hydroxylation is 1. The van der Waals surface area contributed by atoms with Crippen LogP contribution in [0.15, 0.2) is 29.1 Å². The molecule has 2 aromatic rings. The summed E-state index contributed by atoms with van der Waals surface area (Å²) in [5.74, 6) is 0. The van der Waals surface area contributed by atoms with E-state index in [1.807, 2.05) is 19.1 Å². The maximum absolute atomic E-state index is 6.07. The number of hydrogen-bond acceptors (Lipinski definition) is 2. The molecule has 16 heavy (non-hydrogen) atoms. The van der Waals surface area contributed by atoms with Crippen molar-refractivity contribution in [2.75, 3.05) is 5.32 Å². The van der Waals surface area contributed by atoms with E-state index in [-0.39, 0.29) is 0 Å². The van der Waals surface area contributed by atoms with Crippen LogP contribution in [0.5, 0.6) is 0 Å². The molecule has 1 heterocycles. The fourth-order valence-electron chi connectivity index (χ4n) is 1.35. The first-order chi connectivity index (χ1) is 7.66. The highest BCUT2D eigenvalue weighted by Gasteiger charge is 2.04. The minimum atomic E-state index is 0.692. The van der Waals surface area contributed by atoms with Gasteiger partial charge in [0.2, 0.25) is 0 Å². The third kappa shape index (κ3) is 2.57. The van der Waals surface area contributed by atoms with Crippen molar-refractivity contribution in [3.63, 3.8) is 0 Å². The van der Waals surface area contributed by atoms with Crippen molar-refractivity contribution < 1.29 is 0 Å². The number of anilines is 1. The van der Waals surface area contributed by atoms with Crippen LogP contribution in [0.4, 0.5) is 5.69 Å². The summed E-state index contributed by atoms with van der Waals surface area (Å²) in [6.45, 7) is 2.67. The van der Waals surface area contributed by atoms with E-state index in [1.54, 1.807) is 12.5 Å². The summed E-state index contributed by atoms with van der Waals surface area (Å²) in [6.07, 6.45) is 3.45. The van der Waals surface area contributed by atoms with E-state index in [9.17, 15) is 0 Å². The Labute approximate surface area is 107 Å².